The summed E-state index contributed by atoms with van der Waals surface area (Å²) < 4.78 is 0. The minimum atomic E-state index is 0.475. The first-order valence-electron chi connectivity index (χ1n) is 7.91. The molecule has 0 unspecified atom stereocenters. The number of thiocarbonyl (C=S) groups is 1. The molecule has 4 nitrogen and oxygen atoms in total. The molecule has 0 amide bonds. The lowest BCUT2D eigenvalue weighted by molar-refractivity contribution is 0.360. The first-order chi connectivity index (χ1) is 10.1. The fourth-order valence-corrected chi connectivity index (χ4v) is 3.45. The van der Waals surface area contributed by atoms with E-state index in [1.165, 1.54) is 24.1 Å². The van der Waals surface area contributed by atoms with E-state index in [0.717, 1.165) is 56.8 Å². The SMILES string of the molecule is CN1CCCN(c2nc3c(cc2C(N)=S)CCCC3)CC1. The Kier molecular flexibility index (Phi) is 4.40. The number of anilines is 1. The molecule has 3 rings (SSSR count). The van der Waals surface area contributed by atoms with E-state index in [2.05, 4.69) is 22.9 Å². The summed E-state index contributed by atoms with van der Waals surface area (Å²) in [4.78, 5) is 10.2. The lowest BCUT2D eigenvalue weighted by Gasteiger charge is -2.26. The van der Waals surface area contributed by atoms with Crippen LogP contribution in [0.15, 0.2) is 6.07 Å². The molecule has 2 N–H and O–H groups in total. The second-order valence-electron chi connectivity index (χ2n) is 6.18. The van der Waals surface area contributed by atoms with Crippen LogP contribution in [0.3, 0.4) is 0 Å². The number of fused-ring (bicyclic) bond motifs is 1. The van der Waals surface area contributed by atoms with Crippen LogP contribution >= 0.6 is 12.2 Å². The molecule has 1 aromatic rings. The predicted molar refractivity (Wildman–Crippen MR) is 91.1 cm³/mol. The summed E-state index contributed by atoms with van der Waals surface area (Å²) in [6, 6.07) is 2.20. The summed E-state index contributed by atoms with van der Waals surface area (Å²) >= 11 is 5.28. The number of nitrogens with two attached hydrogens (primary N) is 1. The van der Waals surface area contributed by atoms with Gasteiger partial charge in [-0.15, -0.1) is 0 Å². The molecule has 0 radical (unpaired) electrons. The smallest absolute Gasteiger partial charge is 0.139 e. The Morgan fingerprint density at radius 1 is 1.14 bits per heavy atom. The van der Waals surface area contributed by atoms with Crippen LogP contribution in [-0.2, 0) is 12.8 Å². The van der Waals surface area contributed by atoms with Crippen LogP contribution in [0.1, 0.15) is 36.1 Å². The van der Waals surface area contributed by atoms with Crippen molar-refractivity contribution >= 4 is 23.0 Å². The number of aryl methyl sites for hydroxylation is 2. The molecule has 2 heterocycles. The Bertz CT molecular complexity index is 543. The summed E-state index contributed by atoms with van der Waals surface area (Å²) in [5, 5.41) is 0. The zero-order valence-corrected chi connectivity index (χ0v) is 13.6. The Hall–Kier alpha value is -1.20. The van der Waals surface area contributed by atoms with Crippen molar-refractivity contribution in [3.05, 3.63) is 22.9 Å². The van der Waals surface area contributed by atoms with Gasteiger partial charge >= 0.3 is 0 Å². The summed E-state index contributed by atoms with van der Waals surface area (Å²) in [7, 11) is 2.18. The fraction of sp³-hybridized carbons (Fsp3) is 0.625. The van der Waals surface area contributed by atoms with Crippen LogP contribution in [0.2, 0.25) is 0 Å². The molecule has 1 aliphatic heterocycles. The molecule has 1 saturated heterocycles. The Balaban J connectivity index is 1.97. The van der Waals surface area contributed by atoms with Crippen LogP contribution in [0.25, 0.3) is 0 Å². The first kappa shape index (κ1) is 14.7. The number of pyridine rings is 1. The molecule has 1 fully saturated rings. The predicted octanol–water partition coefficient (Wildman–Crippen LogP) is 1.74. The highest BCUT2D eigenvalue weighted by molar-refractivity contribution is 7.80. The molecular formula is C16H24N4S. The van der Waals surface area contributed by atoms with Crippen molar-refractivity contribution in [2.45, 2.75) is 32.1 Å². The van der Waals surface area contributed by atoms with Gasteiger partial charge in [-0.05, 0) is 57.3 Å². The number of rotatable bonds is 2. The monoisotopic (exact) mass is 304 g/mol. The van der Waals surface area contributed by atoms with Gasteiger partial charge in [-0.25, -0.2) is 4.98 Å². The highest BCUT2D eigenvalue weighted by Gasteiger charge is 2.21. The van der Waals surface area contributed by atoms with Gasteiger partial charge in [0.1, 0.15) is 10.8 Å². The van der Waals surface area contributed by atoms with Crippen LogP contribution < -0.4 is 10.6 Å². The van der Waals surface area contributed by atoms with Crippen LogP contribution in [-0.4, -0.2) is 48.1 Å². The van der Waals surface area contributed by atoms with E-state index in [0.29, 0.717) is 4.99 Å². The maximum atomic E-state index is 5.98. The zero-order valence-electron chi connectivity index (χ0n) is 12.8. The number of hydrogen-bond acceptors (Lipinski definition) is 4. The van der Waals surface area contributed by atoms with Gasteiger partial charge in [-0.3, -0.25) is 0 Å². The summed E-state index contributed by atoms with van der Waals surface area (Å²) in [5.74, 6) is 1.01. The van der Waals surface area contributed by atoms with Crippen molar-refractivity contribution in [3.8, 4) is 0 Å². The standard InChI is InChI=1S/C16H24N4S/c1-19-7-4-8-20(10-9-19)16-13(15(17)21)11-12-5-2-3-6-14(12)18-16/h11H,2-10H2,1H3,(H2,17,21). The molecule has 0 saturated carbocycles. The second-order valence-corrected chi connectivity index (χ2v) is 6.62. The maximum absolute atomic E-state index is 5.98. The van der Waals surface area contributed by atoms with Crippen molar-refractivity contribution in [3.63, 3.8) is 0 Å². The highest BCUT2D eigenvalue weighted by atomic mass is 32.1. The van der Waals surface area contributed by atoms with Gasteiger partial charge in [0.15, 0.2) is 0 Å². The third kappa shape index (κ3) is 3.19. The normalized spacial score (nSPS) is 20.0. The highest BCUT2D eigenvalue weighted by Crippen LogP contribution is 2.27. The van der Waals surface area contributed by atoms with E-state index in [-0.39, 0.29) is 0 Å². The van der Waals surface area contributed by atoms with Gasteiger partial charge in [-0.2, -0.15) is 0 Å². The maximum Gasteiger partial charge on any atom is 0.139 e. The molecule has 2 aliphatic rings. The molecular weight excluding hydrogens is 280 g/mol. The summed E-state index contributed by atoms with van der Waals surface area (Å²) in [6.45, 7) is 4.24. The quantitative estimate of drug-likeness (QED) is 0.843. The minimum absolute atomic E-state index is 0.475. The van der Waals surface area contributed by atoms with Crippen LogP contribution in [0.5, 0.6) is 0 Å². The van der Waals surface area contributed by atoms with Crippen molar-refractivity contribution < 1.29 is 0 Å². The van der Waals surface area contributed by atoms with Crippen LogP contribution in [0.4, 0.5) is 5.82 Å². The first-order valence-corrected chi connectivity index (χ1v) is 8.32. The number of aromatic nitrogens is 1. The van der Waals surface area contributed by atoms with Gasteiger partial charge in [0.25, 0.3) is 0 Å². The lowest BCUT2D eigenvalue weighted by Crippen LogP contribution is -2.32. The Morgan fingerprint density at radius 2 is 1.95 bits per heavy atom. The molecule has 0 spiro atoms. The molecule has 5 heteroatoms. The van der Waals surface area contributed by atoms with Crippen LogP contribution in [0, 0.1) is 0 Å². The van der Waals surface area contributed by atoms with E-state index in [4.69, 9.17) is 22.9 Å². The average Bonchev–Trinajstić information content (AvgIpc) is 2.70. The van der Waals surface area contributed by atoms with Crippen molar-refractivity contribution in [2.24, 2.45) is 5.73 Å². The molecule has 0 bridgehead atoms. The third-order valence-corrected chi connectivity index (χ3v) is 4.79. The summed E-state index contributed by atoms with van der Waals surface area (Å²) in [5.41, 5.74) is 9.55. The molecule has 1 aromatic heterocycles. The number of nitrogens with zero attached hydrogens (tertiary/aromatic N) is 3. The van der Waals surface area contributed by atoms with Crippen molar-refractivity contribution in [1.82, 2.24) is 9.88 Å². The minimum Gasteiger partial charge on any atom is -0.389 e. The Labute approximate surface area is 132 Å². The number of hydrogen-bond donors (Lipinski definition) is 1. The molecule has 21 heavy (non-hydrogen) atoms. The third-order valence-electron chi connectivity index (χ3n) is 4.57. The van der Waals surface area contributed by atoms with Crippen molar-refractivity contribution in [2.75, 3.05) is 38.1 Å². The lowest BCUT2D eigenvalue weighted by atomic mass is 9.94. The van der Waals surface area contributed by atoms with E-state index in [1.54, 1.807) is 0 Å². The fourth-order valence-electron chi connectivity index (χ4n) is 3.30. The van der Waals surface area contributed by atoms with Gasteiger partial charge < -0.3 is 15.5 Å². The topological polar surface area (TPSA) is 45.4 Å². The van der Waals surface area contributed by atoms with E-state index < -0.39 is 0 Å². The number of likely N-dealkylation sites (N-methyl/N-ethyl adjacent to an activating group) is 1. The molecule has 114 valence electrons. The molecule has 0 aromatic carbocycles. The van der Waals surface area contributed by atoms with E-state index in [9.17, 15) is 0 Å². The molecule has 0 atom stereocenters. The Morgan fingerprint density at radius 3 is 2.76 bits per heavy atom. The average molecular weight is 304 g/mol. The van der Waals surface area contributed by atoms with E-state index >= 15 is 0 Å². The van der Waals surface area contributed by atoms with Gasteiger partial charge in [0.2, 0.25) is 0 Å². The molecule has 1 aliphatic carbocycles. The van der Waals surface area contributed by atoms with Gasteiger partial charge in [0.05, 0.1) is 5.56 Å². The van der Waals surface area contributed by atoms with Gasteiger partial charge in [0, 0.05) is 25.3 Å². The second kappa shape index (κ2) is 6.28. The summed E-state index contributed by atoms with van der Waals surface area (Å²) in [6.07, 6.45) is 5.86. The van der Waals surface area contributed by atoms with Crippen molar-refractivity contribution in [1.29, 1.82) is 0 Å². The van der Waals surface area contributed by atoms with E-state index in [1.807, 2.05) is 0 Å². The largest absolute Gasteiger partial charge is 0.389 e. The van der Waals surface area contributed by atoms with Gasteiger partial charge in [-0.1, -0.05) is 12.2 Å². The zero-order chi connectivity index (χ0) is 14.8.